The van der Waals surface area contributed by atoms with Gasteiger partial charge in [-0.1, -0.05) is 32.0 Å². The number of fused-ring (bicyclic) bond motifs is 2. The zero-order valence-corrected chi connectivity index (χ0v) is 65.8. The van der Waals surface area contributed by atoms with Gasteiger partial charge in [-0.25, -0.2) is 53.1 Å². The van der Waals surface area contributed by atoms with E-state index in [4.69, 9.17) is 52.1 Å². The molecule has 5 aromatic rings. The van der Waals surface area contributed by atoms with Crippen LogP contribution in [0.15, 0.2) is 43.0 Å². The second-order valence-electron chi connectivity index (χ2n) is 33.6. The minimum absolute atomic E-state index is 0.139. The minimum Gasteiger partial charge on any atom is -0.451 e. The van der Waals surface area contributed by atoms with Crippen LogP contribution in [0.1, 0.15) is 223 Å². The van der Waals surface area contributed by atoms with Gasteiger partial charge in [0.05, 0.1) is 30.9 Å². The zero-order chi connectivity index (χ0) is 80.7. The molecule has 35 heteroatoms. The molecule has 2 saturated heterocycles. The van der Waals surface area contributed by atoms with Crippen LogP contribution in [0.3, 0.4) is 0 Å². The van der Waals surface area contributed by atoms with Crippen molar-refractivity contribution in [3.8, 4) is 0 Å². The number of rotatable bonds is 10. The molecule has 2 aliphatic rings. The van der Waals surface area contributed by atoms with Crippen molar-refractivity contribution in [1.29, 1.82) is 0 Å². The Morgan fingerprint density at radius 3 is 1.04 bits per heavy atom. The van der Waals surface area contributed by atoms with E-state index >= 15 is 0 Å². The molecular formula is C71H104N12O23. The molecule has 0 bridgehead atoms. The molecule has 8 amide bonds. The maximum absolute atomic E-state index is 14.0. The van der Waals surface area contributed by atoms with Gasteiger partial charge in [-0.3, -0.25) is 9.13 Å². The fourth-order valence-electron chi connectivity index (χ4n) is 10.2. The summed E-state index contributed by atoms with van der Waals surface area (Å²) in [6, 6.07) is 8.45. The first-order valence-corrected chi connectivity index (χ1v) is 34.3. The summed E-state index contributed by atoms with van der Waals surface area (Å²) in [5.74, 6) is -3.54. The maximum Gasteiger partial charge on any atom is 0.427 e. The smallest absolute Gasteiger partial charge is 0.427 e. The second-order valence-corrected chi connectivity index (χ2v) is 33.6. The second kappa shape index (κ2) is 30.8. The summed E-state index contributed by atoms with van der Waals surface area (Å²) in [5.41, 5.74) is -13.0. The highest BCUT2D eigenvalue weighted by molar-refractivity contribution is 6.15. The van der Waals surface area contributed by atoms with Crippen molar-refractivity contribution in [1.82, 2.24) is 39.0 Å². The highest BCUT2D eigenvalue weighted by Crippen LogP contribution is 2.48. The largest absolute Gasteiger partial charge is 0.451 e. The molecule has 6 heterocycles. The minimum atomic E-state index is -2.06. The Labute approximate surface area is 615 Å². The number of imidazole rings is 2. The number of carbonyl (C=O) groups is 9. The molecule has 0 radical (unpaired) electrons. The van der Waals surface area contributed by atoms with E-state index in [9.17, 15) is 58.5 Å². The van der Waals surface area contributed by atoms with E-state index in [0.29, 0.717) is 31.6 Å². The van der Waals surface area contributed by atoms with Crippen molar-refractivity contribution < 1.29 is 111 Å². The van der Waals surface area contributed by atoms with Gasteiger partial charge in [0.1, 0.15) is 62.6 Å². The predicted octanol–water partition coefficient (Wildman–Crippen LogP) is 12.9. The number of esters is 1. The lowest BCUT2D eigenvalue weighted by Gasteiger charge is -2.34. The van der Waals surface area contributed by atoms with E-state index in [0.717, 1.165) is 10.9 Å². The first-order valence-electron chi connectivity index (χ1n) is 34.3. The molecule has 0 aliphatic carbocycles. The van der Waals surface area contributed by atoms with Gasteiger partial charge in [-0.05, 0) is 199 Å². The first kappa shape index (κ1) is 85.5. The quantitative estimate of drug-likeness (QED) is 0.0863. The van der Waals surface area contributed by atoms with E-state index in [-0.39, 0.29) is 22.3 Å². The number of imide groups is 4. The van der Waals surface area contributed by atoms with Gasteiger partial charge in [0.15, 0.2) is 52.0 Å². The van der Waals surface area contributed by atoms with Crippen LogP contribution in [0.5, 0.6) is 0 Å². The molecule has 2 aliphatic heterocycles. The van der Waals surface area contributed by atoms with Crippen LogP contribution >= 0.6 is 0 Å². The summed E-state index contributed by atoms with van der Waals surface area (Å²) in [6.45, 7) is 43.9. The Kier molecular flexibility index (Phi) is 24.8. The summed E-state index contributed by atoms with van der Waals surface area (Å²) < 4.78 is 65.6. The average molecular weight is 1490 g/mol. The van der Waals surface area contributed by atoms with Crippen LogP contribution in [0.4, 0.5) is 61.9 Å². The molecule has 0 saturated carbocycles. The molecule has 586 valence electrons. The van der Waals surface area contributed by atoms with Gasteiger partial charge in [-0.15, -0.1) is 9.80 Å². The standard InChI is InChI=1S/C40H56N6O11.C31H48N6O12/c1-16-25-23(2)40(15,53-29(47)24-20-18-17-19-21-24)30(52-25)44-22-41-26-27(44)42-31(46(34(50)56-38(9,10)11)35(51)57-39(12,13)14)43-28(26)45(32(48)54-36(3,4)5)33(49)55-37(6,7)8;1-27(2,3)46-23(40)36(24(41)47-28(4,5)6)20-17-19(35(15-32-17)21-31(13,44)18(39)16(14-38)45-21)33-22(34-20)37(25(42)48-29(7,8)9)26(43)49-30(10,11)12/h17-23,25,30H,16H2,1-15H3;15-16,18,21,38-39,44H,14H2,1-13H3/t23-,25-,30-,40-;16-,18-,21-,31-/m11/s1. The lowest BCUT2D eigenvalue weighted by molar-refractivity contribution is -0.0950. The number of amides is 8. The number of aromatic nitrogens is 8. The van der Waals surface area contributed by atoms with Gasteiger partial charge in [0.25, 0.3) is 0 Å². The van der Waals surface area contributed by atoms with Crippen LogP contribution in [-0.4, -0.2) is 190 Å². The highest BCUT2D eigenvalue weighted by Gasteiger charge is 2.57. The molecular weight excluding hydrogens is 1390 g/mol. The third-order valence-corrected chi connectivity index (χ3v) is 14.6. The van der Waals surface area contributed by atoms with E-state index in [1.807, 2.05) is 13.8 Å². The Morgan fingerprint density at radius 1 is 0.462 bits per heavy atom. The Hall–Kier alpha value is -9.45. The maximum atomic E-state index is 14.0. The molecule has 106 heavy (non-hydrogen) atoms. The van der Waals surface area contributed by atoms with Crippen molar-refractivity contribution in [3.05, 3.63) is 48.5 Å². The molecule has 4 aromatic heterocycles. The number of benzene rings is 1. The van der Waals surface area contributed by atoms with Crippen molar-refractivity contribution >= 4 is 101 Å². The first-order chi connectivity index (χ1) is 48.1. The number of aliphatic hydroxyl groups is 3. The number of hydrogen-bond acceptors (Lipinski definition) is 29. The Balaban J connectivity index is 0.000000336. The summed E-state index contributed by atoms with van der Waals surface area (Å²) >= 11 is 0. The van der Waals surface area contributed by atoms with Gasteiger partial charge in [-0.2, -0.15) is 29.7 Å². The molecule has 3 N–H and O–H groups in total. The molecule has 0 unspecified atom stereocenters. The fraction of sp³-hybridized carbons (Fsp3) is 0.648. The van der Waals surface area contributed by atoms with E-state index in [2.05, 4.69) is 29.9 Å². The van der Waals surface area contributed by atoms with Crippen molar-refractivity contribution in [2.75, 3.05) is 26.2 Å². The van der Waals surface area contributed by atoms with Gasteiger partial charge in [0, 0.05) is 5.92 Å². The number of carbonyl (C=O) groups excluding carboxylic acids is 9. The third kappa shape index (κ3) is 21.2. The number of ether oxygens (including phenoxy) is 11. The van der Waals surface area contributed by atoms with Gasteiger partial charge >= 0.3 is 54.7 Å². The van der Waals surface area contributed by atoms with Crippen molar-refractivity contribution in [2.24, 2.45) is 5.92 Å². The Bertz CT molecular complexity index is 3970. The Morgan fingerprint density at radius 2 is 0.755 bits per heavy atom. The number of aliphatic hydroxyl groups excluding tert-OH is 2. The van der Waals surface area contributed by atoms with Crippen LogP contribution < -0.4 is 19.6 Å². The van der Waals surface area contributed by atoms with Crippen LogP contribution in [0.2, 0.25) is 0 Å². The van der Waals surface area contributed by atoms with Crippen LogP contribution in [-0.2, 0) is 52.1 Å². The molecule has 1 aromatic carbocycles. The summed E-state index contributed by atoms with van der Waals surface area (Å²) in [5, 5.41) is 31.8. The molecule has 35 nitrogen and oxygen atoms in total. The van der Waals surface area contributed by atoms with Crippen molar-refractivity contribution in [3.63, 3.8) is 0 Å². The highest BCUT2D eigenvalue weighted by atomic mass is 16.6. The number of nitrogens with zero attached hydrogens (tertiary/aromatic N) is 12. The van der Waals surface area contributed by atoms with Crippen LogP contribution in [0, 0.1) is 5.92 Å². The van der Waals surface area contributed by atoms with E-state index in [1.165, 1.54) is 17.8 Å². The van der Waals surface area contributed by atoms with Crippen LogP contribution in [0.25, 0.3) is 22.3 Å². The number of anilines is 4. The lowest BCUT2D eigenvalue weighted by Crippen LogP contribution is -2.46. The molecule has 8 atom stereocenters. The average Bonchev–Trinajstić information content (AvgIpc) is 1.63. The van der Waals surface area contributed by atoms with Gasteiger partial charge < -0.3 is 67.4 Å². The monoisotopic (exact) mass is 1490 g/mol. The molecule has 2 fully saturated rings. The number of hydrogen-bond donors (Lipinski definition) is 3. The van der Waals surface area contributed by atoms with E-state index in [1.54, 1.807) is 203 Å². The van der Waals surface area contributed by atoms with Crippen molar-refractivity contribution in [2.45, 2.75) is 287 Å². The topological polar surface area (TPSA) is 416 Å². The zero-order valence-electron chi connectivity index (χ0n) is 65.8. The summed E-state index contributed by atoms with van der Waals surface area (Å²) in [7, 11) is 0. The lowest BCUT2D eigenvalue weighted by atomic mass is 9.86. The SMILES string of the molecule is CC(C)(C)OC(=O)N(C(=O)OC(C)(C)C)c1nc(N(C(=O)OC(C)(C)C)C(=O)OC(C)(C)C)c2ncn([C@@H]3O[C@H](CO)[C@@H](O)[C@@]3(C)O)c2n1.CC[C@H]1O[C@@H](n2cnc3c(N(C(=O)OC(C)(C)C)C(=O)OC(C)(C)C)nc(N(C(=O)OC(C)(C)C)C(=O)OC(C)(C)C)nc32)[C@](C)(OC(=O)c2ccccc2)[C@@H]1C. The summed E-state index contributed by atoms with van der Waals surface area (Å²) in [6.07, 6.45) is -12.9. The predicted molar refractivity (Wildman–Crippen MR) is 382 cm³/mol. The normalized spacial score (nSPS) is 20.8. The molecule has 0 spiro atoms. The summed E-state index contributed by atoms with van der Waals surface area (Å²) in [4.78, 5) is 153. The third-order valence-electron chi connectivity index (χ3n) is 14.6. The fourth-order valence-corrected chi connectivity index (χ4v) is 10.2. The molecule has 7 rings (SSSR count). The van der Waals surface area contributed by atoms with E-state index < -0.39 is 178 Å². The van der Waals surface area contributed by atoms with Gasteiger partial charge in [0.2, 0.25) is 11.9 Å².